The topological polar surface area (TPSA) is 140 Å². The van der Waals surface area contributed by atoms with E-state index in [-0.39, 0.29) is 17.1 Å². The summed E-state index contributed by atoms with van der Waals surface area (Å²) in [4.78, 5) is 22.0. The second kappa shape index (κ2) is 12.5. The molecule has 0 radical (unpaired) electrons. The van der Waals surface area contributed by atoms with Gasteiger partial charge in [0.15, 0.2) is 9.84 Å². The lowest BCUT2D eigenvalue weighted by molar-refractivity contribution is -0.131. The normalized spacial score (nSPS) is 14.5. The number of fused-ring (bicyclic) bond motifs is 1. The molecule has 0 spiro atoms. The zero-order valence-corrected chi connectivity index (χ0v) is 24.7. The number of aromatic nitrogens is 2. The second-order valence-electron chi connectivity index (χ2n) is 9.87. The van der Waals surface area contributed by atoms with Crippen LogP contribution in [0.25, 0.3) is 10.2 Å². The molecule has 9 nitrogen and oxygen atoms in total. The Morgan fingerprint density at radius 3 is 2.40 bits per heavy atom. The van der Waals surface area contributed by atoms with Crippen molar-refractivity contribution in [1.29, 1.82) is 0 Å². The van der Waals surface area contributed by atoms with Crippen molar-refractivity contribution in [3.63, 3.8) is 0 Å². The third-order valence-electron chi connectivity index (χ3n) is 6.65. The molecule has 0 fully saturated rings. The number of thiazole rings is 1. The minimum Gasteiger partial charge on any atom is -0.310 e. The average Bonchev–Trinajstić information content (AvgIpc) is 3.41. The SMILES string of the molecule is CC(CS(=O)(=O)CCc1ccccn1)C(=O)N([C@H](N)[C@@H](C)Cc1ccccc1)S(=O)(=O)c1ccc2ncsc2c1. The number of amides is 1. The van der Waals surface area contributed by atoms with Crippen LogP contribution in [0.15, 0.2) is 83.3 Å². The Hall–Kier alpha value is -3.19. The summed E-state index contributed by atoms with van der Waals surface area (Å²) in [5, 5.41) is 0. The van der Waals surface area contributed by atoms with Crippen LogP contribution in [0.3, 0.4) is 0 Å². The minimum atomic E-state index is -4.43. The summed E-state index contributed by atoms with van der Waals surface area (Å²) in [5.74, 6) is -3.20. The van der Waals surface area contributed by atoms with E-state index < -0.39 is 49.5 Å². The van der Waals surface area contributed by atoms with E-state index in [0.717, 1.165) is 5.56 Å². The maximum Gasteiger partial charge on any atom is 0.267 e. The van der Waals surface area contributed by atoms with E-state index in [4.69, 9.17) is 5.73 Å². The number of sulfonamides is 1. The molecule has 0 aliphatic carbocycles. The first-order valence-corrected chi connectivity index (χ1v) is 16.9. The molecule has 2 aromatic carbocycles. The summed E-state index contributed by atoms with van der Waals surface area (Å²) < 4.78 is 55.1. The van der Waals surface area contributed by atoms with Crippen LogP contribution < -0.4 is 5.73 Å². The Labute approximate surface area is 239 Å². The molecule has 0 aliphatic heterocycles. The molecule has 0 bridgehead atoms. The quantitative estimate of drug-likeness (QED) is 0.243. The van der Waals surface area contributed by atoms with Crippen molar-refractivity contribution in [3.8, 4) is 0 Å². The van der Waals surface area contributed by atoms with Crippen LogP contribution in [0.1, 0.15) is 25.1 Å². The van der Waals surface area contributed by atoms with Crippen LogP contribution in [-0.2, 0) is 37.5 Å². The van der Waals surface area contributed by atoms with E-state index in [0.29, 0.717) is 26.6 Å². The Bertz CT molecular complexity index is 1660. The molecule has 2 aromatic heterocycles. The largest absolute Gasteiger partial charge is 0.310 e. The lowest BCUT2D eigenvalue weighted by Gasteiger charge is -2.34. The Morgan fingerprint density at radius 1 is 0.975 bits per heavy atom. The molecule has 40 heavy (non-hydrogen) atoms. The van der Waals surface area contributed by atoms with Crippen LogP contribution in [0.2, 0.25) is 0 Å². The number of carbonyl (C=O) groups excluding carboxylic acids is 1. The van der Waals surface area contributed by atoms with Crippen molar-refractivity contribution in [1.82, 2.24) is 14.3 Å². The lowest BCUT2D eigenvalue weighted by Crippen LogP contribution is -2.55. The standard InChI is InChI=1S/C28H32N4O5S3/c1-20(16-22-8-4-3-5-9-22)27(29)32(40(36,37)24-11-12-25-26(17-24)38-19-31-25)28(33)21(2)18-39(34,35)15-13-23-10-6-7-14-30-23/h3-12,14,17,19-21,27H,13,15-16,18,29H2,1-2H3/t20-,21?,27-/m0/s1. The summed E-state index contributed by atoms with van der Waals surface area (Å²) in [7, 11) is -8.14. The van der Waals surface area contributed by atoms with Crippen LogP contribution in [-0.4, -0.2) is 54.7 Å². The number of aryl methyl sites for hydroxylation is 1. The van der Waals surface area contributed by atoms with Crippen molar-refractivity contribution in [2.45, 2.75) is 37.8 Å². The summed E-state index contributed by atoms with van der Waals surface area (Å²) in [6.07, 6.45) is 0.965. The van der Waals surface area contributed by atoms with Gasteiger partial charge in [-0.05, 0) is 48.2 Å². The van der Waals surface area contributed by atoms with Gasteiger partial charge in [0.05, 0.1) is 44.2 Å². The van der Waals surface area contributed by atoms with Gasteiger partial charge >= 0.3 is 0 Å². The van der Waals surface area contributed by atoms with Gasteiger partial charge in [0.2, 0.25) is 5.91 Å². The van der Waals surface area contributed by atoms with Crippen LogP contribution in [0.4, 0.5) is 0 Å². The van der Waals surface area contributed by atoms with Gasteiger partial charge in [-0.3, -0.25) is 9.78 Å². The number of rotatable bonds is 12. The molecular formula is C28H32N4O5S3. The predicted molar refractivity (Wildman–Crippen MR) is 157 cm³/mol. The minimum absolute atomic E-state index is 0.106. The van der Waals surface area contributed by atoms with Gasteiger partial charge in [0, 0.05) is 18.3 Å². The highest BCUT2D eigenvalue weighted by molar-refractivity contribution is 7.91. The van der Waals surface area contributed by atoms with Crippen molar-refractivity contribution >= 4 is 47.3 Å². The molecule has 4 aromatic rings. The third kappa shape index (κ3) is 7.11. The first-order chi connectivity index (χ1) is 19.0. The lowest BCUT2D eigenvalue weighted by atomic mass is 9.98. The fraction of sp³-hybridized carbons (Fsp3) is 0.321. The zero-order valence-electron chi connectivity index (χ0n) is 22.3. The number of nitrogens with two attached hydrogens (primary N) is 1. The van der Waals surface area contributed by atoms with E-state index in [9.17, 15) is 21.6 Å². The Balaban J connectivity index is 1.61. The maximum atomic E-state index is 14.0. The molecule has 0 saturated heterocycles. The second-order valence-corrected chi connectivity index (χ2v) is 14.8. The number of nitrogens with zero attached hydrogens (tertiary/aromatic N) is 3. The van der Waals surface area contributed by atoms with Gasteiger partial charge in [-0.25, -0.2) is 26.1 Å². The van der Waals surface area contributed by atoms with E-state index in [2.05, 4.69) is 9.97 Å². The highest BCUT2D eigenvalue weighted by Gasteiger charge is 2.39. The third-order valence-corrected chi connectivity index (χ3v) is 11.1. The van der Waals surface area contributed by atoms with Crippen LogP contribution >= 0.6 is 11.3 Å². The first kappa shape index (κ1) is 29.8. The molecule has 2 heterocycles. The fourth-order valence-corrected chi connectivity index (χ4v) is 8.49. The smallest absolute Gasteiger partial charge is 0.267 e. The maximum absolute atomic E-state index is 14.0. The monoisotopic (exact) mass is 600 g/mol. The highest BCUT2D eigenvalue weighted by atomic mass is 32.2. The Morgan fingerprint density at radius 2 is 1.70 bits per heavy atom. The number of benzene rings is 2. The van der Waals surface area contributed by atoms with E-state index >= 15 is 0 Å². The van der Waals surface area contributed by atoms with Gasteiger partial charge < -0.3 is 5.73 Å². The van der Waals surface area contributed by atoms with Crippen LogP contribution in [0.5, 0.6) is 0 Å². The van der Waals surface area contributed by atoms with Crippen molar-refractivity contribution in [3.05, 3.63) is 89.7 Å². The number of pyridine rings is 1. The van der Waals surface area contributed by atoms with Gasteiger partial charge in [-0.2, -0.15) is 0 Å². The number of hydrogen-bond acceptors (Lipinski definition) is 9. The number of sulfone groups is 1. The number of hydrogen-bond donors (Lipinski definition) is 1. The summed E-state index contributed by atoms with van der Waals surface area (Å²) in [6.45, 7) is 3.19. The molecule has 212 valence electrons. The molecule has 4 rings (SSSR count). The highest BCUT2D eigenvalue weighted by Crippen LogP contribution is 2.28. The van der Waals surface area contributed by atoms with Gasteiger partial charge in [-0.1, -0.05) is 50.2 Å². The van der Waals surface area contributed by atoms with Crippen molar-refractivity contribution in [2.24, 2.45) is 17.6 Å². The molecule has 1 unspecified atom stereocenters. The van der Waals surface area contributed by atoms with Gasteiger partial charge in [0.1, 0.15) is 0 Å². The predicted octanol–water partition coefficient (Wildman–Crippen LogP) is 3.67. The molecule has 1 amide bonds. The van der Waals surface area contributed by atoms with E-state index in [1.165, 1.54) is 30.4 Å². The number of carbonyl (C=O) groups is 1. The van der Waals surface area contributed by atoms with Gasteiger partial charge in [0.25, 0.3) is 10.0 Å². The first-order valence-electron chi connectivity index (χ1n) is 12.8. The van der Waals surface area contributed by atoms with E-state index in [1.807, 2.05) is 30.3 Å². The molecule has 0 saturated carbocycles. The van der Waals surface area contributed by atoms with E-state index in [1.54, 1.807) is 42.9 Å². The molecule has 2 N–H and O–H groups in total. The molecule has 12 heteroatoms. The fourth-order valence-electron chi connectivity index (χ4n) is 4.43. The molecule has 3 atom stereocenters. The average molecular weight is 601 g/mol. The van der Waals surface area contributed by atoms with Crippen molar-refractivity contribution in [2.75, 3.05) is 11.5 Å². The zero-order chi connectivity index (χ0) is 28.9. The Kier molecular flexibility index (Phi) is 9.34. The summed E-state index contributed by atoms with van der Waals surface area (Å²) in [6, 6.07) is 19.1. The van der Waals surface area contributed by atoms with Gasteiger partial charge in [-0.15, -0.1) is 11.3 Å². The van der Waals surface area contributed by atoms with Crippen molar-refractivity contribution < 1.29 is 21.6 Å². The van der Waals surface area contributed by atoms with Crippen LogP contribution in [0, 0.1) is 11.8 Å². The molecule has 0 aliphatic rings. The molecular weight excluding hydrogens is 569 g/mol. The summed E-state index contributed by atoms with van der Waals surface area (Å²) >= 11 is 1.28. The summed E-state index contributed by atoms with van der Waals surface area (Å²) in [5.41, 5.74) is 10.3.